The molecule has 3 aromatic rings. The fraction of sp³-hybridized carbons (Fsp3) is 0.250. The van der Waals surface area contributed by atoms with Gasteiger partial charge in [-0.25, -0.2) is 13.2 Å². The normalized spacial score (nSPS) is 12.6. The molecule has 0 saturated heterocycles. The molecule has 3 rings (SSSR count). The molecule has 0 radical (unpaired) electrons. The minimum absolute atomic E-state index is 0.251. The first-order chi connectivity index (χ1) is 13.6. The Hall–Kier alpha value is -3.36. The number of nitrogens with zero attached hydrogens (tertiary/aromatic N) is 1. The molecule has 2 heterocycles. The highest BCUT2D eigenvalue weighted by Gasteiger charge is 2.25. The van der Waals surface area contributed by atoms with E-state index in [1.807, 2.05) is 0 Å². The Balaban J connectivity index is 1.68. The number of alkyl halides is 2. The number of fused-ring (bicyclic) bond motifs is 1. The number of aromatic nitrogens is 2. The number of aryl methyl sites for hydroxylation is 1. The van der Waals surface area contributed by atoms with Crippen molar-refractivity contribution in [1.29, 1.82) is 0 Å². The predicted molar refractivity (Wildman–Crippen MR) is 102 cm³/mol. The van der Waals surface area contributed by atoms with Crippen LogP contribution in [0.3, 0.4) is 0 Å². The second-order valence-electron chi connectivity index (χ2n) is 6.86. The largest absolute Gasteiger partial charge is 0.359 e. The molecule has 0 saturated carbocycles. The van der Waals surface area contributed by atoms with Crippen molar-refractivity contribution >= 4 is 28.4 Å². The van der Waals surface area contributed by atoms with Crippen LogP contribution in [0.2, 0.25) is 0 Å². The molecule has 9 heteroatoms. The molecule has 152 valence electrons. The topological polar surface area (TPSA) is 86.9 Å². The van der Waals surface area contributed by atoms with E-state index in [9.17, 15) is 22.8 Å². The standard InChI is InChI=1S/C20H19F3N4O2/c1-10-6-16-13(7-14(10)21)17(9-25-16)27-19(29)18(28)26-11(2)15-5-4-12(8-24-15)20(3,22)23/h4-9,11,25H,1-3H3,(H,26,28)(H,27,29). The van der Waals surface area contributed by atoms with E-state index >= 15 is 0 Å². The lowest BCUT2D eigenvalue weighted by molar-refractivity contribution is -0.136. The van der Waals surface area contributed by atoms with Crippen molar-refractivity contribution in [3.05, 3.63) is 59.3 Å². The average Bonchev–Trinajstić information content (AvgIpc) is 3.03. The number of carbonyl (C=O) groups excluding carboxylic acids is 2. The van der Waals surface area contributed by atoms with Crippen LogP contribution < -0.4 is 10.6 Å². The van der Waals surface area contributed by atoms with Gasteiger partial charge in [0, 0.05) is 35.8 Å². The lowest BCUT2D eigenvalue weighted by Crippen LogP contribution is -2.37. The number of anilines is 1. The summed E-state index contributed by atoms with van der Waals surface area (Å²) in [4.78, 5) is 31.2. The number of rotatable bonds is 4. The highest BCUT2D eigenvalue weighted by atomic mass is 19.3. The Bertz CT molecular complexity index is 1070. The van der Waals surface area contributed by atoms with Gasteiger partial charge in [-0.15, -0.1) is 0 Å². The van der Waals surface area contributed by atoms with Gasteiger partial charge in [-0.1, -0.05) is 0 Å². The van der Waals surface area contributed by atoms with E-state index in [1.54, 1.807) is 19.9 Å². The zero-order chi connectivity index (χ0) is 21.3. The molecule has 1 aromatic carbocycles. The van der Waals surface area contributed by atoms with E-state index in [0.29, 0.717) is 22.2 Å². The summed E-state index contributed by atoms with van der Waals surface area (Å²) in [6, 6.07) is 4.76. The van der Waals surface area contributed by atoms with Crippen LogP contribution in [-0.2, 0) is 15.5 Å². The zero-order valence-corrected chi connectivity index (χ0v) is 15.9. The van der Waals surface area contributed by atoms with Crippen molar-refractivity contribution in [3.63, 3.8) is 0 Å². The van der Waals surface area contributed by atoms with Crippen molar-refractivity contribution < 1.29 is 22.8 Å². The second kappa shape index (κ2) is 7.57. The predicted octanol–water partition coefficient (Wildman–Crippen LogP) is 3.94. The van der Waals surface area contributed by atoms with Crippen LogP contribution in [0.5, 0.6) is 0 Å². The maximum Gasteiger partial charge on any atom is 0.313 e. The summed E-state index contributed by atoms with van der Waals surface area (Å²) in [5.41, 5.74) is 1.40. The third-order valence-electron chi connectivity index (χ3n) is 4.50. The maximum absolute atomic E-state index is 13.8. The summed E-state index contributed by atoms with van der Waals surface area (Å²) in [5, 5.41) is 5.31. The number of pyridine rings is 1. The molecule has 1 atom stereocenters. The van der Waals surface area contributed by atoms with Crippen LogP contribution in [0.25, 0.3) is 10.9 Å². The number of hydrogen-bond donors (Lipinski definition) is 3. The van der Waals surface area contributed by atoms with E-state index in [4.69, 9.17) is 0 Å². The van der Waals surface area contributed by atoms with Crippen LogP contribution in [0.4, 0.5) is 18.9 Å². The minimum atomic E-state index is -3.02. The van der Waals surface area contributed by atoms with Crippen LogP contribution in [-0.4, -0.2) is 21.8 Å². The fourth-order valence-corrected chi connectivity index (χ4v) is 2.79. The summed E-state index contributed by atoms with van der Waals surface area (Å²) in [5.74, 6) is -5.34. The molecule has 0 fully saturated rings. The lowest BCUT2D eigenvalue weighted by atomic mass is 10.1. The summed E-state index contributed by atoms with van der Waals surface area (Å²) in [7, 11) is 0. The Labute approximate surface area is 164 Å². The number of aromatic amines is 1. The average molecular weight is 404 g/mol. The molecule has 1 unspecified atom stereocenters. The van der Waals surface area contributed by atoms with Crippen LogP contribution in [0.1, 0.15) is 36.7 Å². The first kappa shape index (κ1) is 20.4. The lowest BCUT2D eigenvalue weighted by Gasteiger charge is -2.15. The fourth-order valence-electron chi connectivity index (χ4n) is 2.79. The van der Waals surface area contributed by atoms with Crippen LogP contribution in [0, 0.1) is 12.7 Å². The quantitative estimate of drug-likeness (QED) is 0.576. The summed E-state index contributed by atoms with van der Waals surface area (Å²) in [6.07, 6.45) is 2.49. The first-order valence-electron chi connectivity index (χ1n) is 8.79. The molecule has 29 heavy (non-hydrogen) atoms. The van der Waals surface area contributed by atoms with Gasteiger partial charge < -0.3 is 15.6 Å². The van der Waals surface area contributed by atoms with Crippen molar-refractivity contribution in [2.24, 2.45) is 0 Å². The van der Waals surface area contributed by atoms with Crippen molar-refractivity contribution in [2.45, 2.75) is 32.7 Å². The van der Waals surface area contributed by atoms with Crippen LogP contribution >= 0.6 is 0 Å². The molecular formula is C20H19F3N4O2. The van der Waals surface area contributed by atoms with Gasteiger partial charge in [0.25, 0.3) is 5.92 Å². The van der Waals surface area contributed by atoms with Gasteiger partial charge in [-0.2, -0.15) is 0 Å². The zero-order valence-electron chi connectivity index (χ0n) is 15.9. The highest BCUT2D eigenvalue weighted by Crippen LogP contribution is 2.27. The third-order valence-corrected chi connectivity index (χ3v) is 4.50. The van der Waals surface area contributed by atoms with Crippen LogP contribution in [0.15, 0.2) is 36.7 Å². The molecule has 6 nitrogen and oxygen atoms in total. The molecule has 0 bridgehead atoms. The number of halogens is 3. The molecule has 0 spiro atoms. The van der Waals surface area contributed by atoms with Crippen molar-refractivity contribution in [1.82, 2.24) is 15.3 Å². The van der Waals surface area contributed by atoms with E-state index in [-0.39, 0.29) is 11.3 Å². The first-order valence-corrected chi connectivity index (χ1v) is 8.79. The summed E-state index contributed by atoms with van der Waals surface area (Å²) in [6.45, 7) is 3.95. The summed E-state index contributed by atoms with van der Waals surface area (Å²) < 4.78 is 40.3. The molecule has 3 N–H and O–H groups in total. The number of H-pyrrole nitrogens is 1. The van der Waals surface area contributed by atoms with Gasteiger partial charge in [-0.05, 0) is 43.7 Å². The van der Waals surface area contributed by atoms with Gasteiger partial charge in [0.2, 0.25) is 0 Å². The van der Waals surface area contributed by atoms with Gasteiger partial charge in [0.15, 0.2) is 0 Å². The third kappa shape index (κ3) is 4.39. The Morgan fingerprint density at radius 2 is 1.93 bits per heavy atom. The van der Waals surface area contributed by atoms with Gasteiger partial charge in [0.1, 0.15) is 5.82 Å². The maximum atomic E-state index is 13.8. The molecule has 0 aliphatic carbocycles. The molecular weight excluding hydrogens is 385 g/mol. The molecule has 2 amide bonds. The van der Waals surface area contributed by atoms with Crippen molar-refractivity contribution in [3.8, 4) is 0 Å². The highest BCUT2D eigenvalue weighted by molar-refractivity contribution is 6.40. The number of nitrogens with one attached hydrogen (secondary N) is 3. The number of amides is 2. The molecule has 2 aromatic heterocycles. The van der Waals surface area contributed by atoms with Crippen molar-refractivity contribution in [2.75, 3.05) is 5.32 Å². The van der Waals surface area contributed by atoms with E-state index in [1.165, 1.54) is 24.4 Å². The number of carbonyl (C=O) groups is 2. The summed E-state index contributed by atoms with van der Waals surface area (Å²) >= 11 is 0. The monoisotopic (exact) mass is 404 g/mol. The number of benzene rings is 1. The Morgan fingerprint density at radius 1 is 1.21 bits per heavy atom. The van der Waals surface area contributed by atoms with E-state index in [0.717, 1.165) is 13.1 Å². The second-order valence-corrected chi connectivity index (χ2v) is 6.86. The van der Waals surface area contributed by atoms with E-state index in [2.05, 4.69) is 20.6 Å². The number of hydrogen-bond acceptors (Lipinski definition) is 3. The molecule has 0 aliphatic heterocycles. The van der Waals surface area contributed by atoms with Gasteiger partial charge in [0.05, 0.1) is 17.4 Å². The Kier molecular flexibility index (Phi) is 5.32. The van der Waals surface area contributed by atoms with E-state index < -0.39 is 29.6 Å². The van der Waals surface area contributed by atoms with Gasteiger partial charge >= 0.3 is 11.8 Å². The molecule has 0 aliphatic rings. The Morgan fingerprint density at radius 3 is 2.55 bits per heavy atom. The van der Waals surface area contributed by atoms with Gasteiger partial charge in [-0.3, -0.25) is 14.6 Å². The SMILES string of the molecule is Cc1cc2[nH]cc(NC(=O)C(=O)NC(C)c3ccc(C(C)(F)F)cn3)c2cc1F. The smallest absolute Gasteiger partial charge is 0.313 e. The minimum Gasteiger partial charge on any atom is -0.359 e.